The van der Waals surface area contributed by atoms with E-state index in [1.165, 1.54) is 6.07 Å². The van der Waals surface area contributed by atoms with Gasteiger partial charge in [-0.15, -0.1) is 11.3 Å². The van der Waals surface area contributed by atoms with Crippen LogP contribution in [0.2, 0.25) is 5.02 Å². The van der Waals surface area contributed by atoms with Crippen molar-refractivity contribution in [2.45, 2.75) is 17.1 Å². The van der Waals surface area contributed by atoms with Gasteiger partial charge in [0.05, 0.1) is 0 Å². The molecule has 2 aromatic rings. The van der Waals surface area contributed by atoms with Gasteiger partial charge < -0.3 is 0 Å². The fourth-order valence-electron chi connectivity index (χ4n) is 1.58. The third-order valence-corrected chi connectivity index (χ3v) is 5.58. The number of carbonyl (C=O) groups excluding carboxylic acids is 1. The highest BCUT2D eigenvalue weighted by Crippen LogP contribution is 2.15. The number of sulfonamides is 1. The van der Waals surface area contributed by atoms with E-state index in [2.05, 4.69) is 4.72 Å². The molecule has 1 aromatic heterocycles. The van der Waals surface area contributed by atoms with Crippen molar-refractivity contribution in [2.24, 2.45) is 0 Å². The number of nitrogens with one attached hydrogen (secondary N) is 1. The van der Waals surface area contributed by atoms with Gasteiger partial charge in [-0.3, -0.25) is 4.79 Å². The lowest BCUT2D eigenvalue weighted by Crippen LogP contribution is -2.30. The molecule has 0 fully saturated rings. The number of rotatable bonds is 5. The predicted molar refractivity (Wildman–Crippen MR) is 79.4 cm³/mol. The molecule has 20 heavy (non-hydrogen) atoms. The van der Waals surface area contributed by atoms with Crippen LogP contribution in [-0.4, -0.2) is 14.3 Å². The summed E-state index contributed by atoms with van der Waals surface area (Å²) in [6.45, 7) is 0. The van der Waals surface area contributed by atoms with E-state index in [0.717, 1.165) is 16.9 Å². The zero-order chi connectivity index (χ0) is 14.6. The average molecular weight is 330 g/mol. The molecule has 2 rings (SSSR count). The van der Waals surface area contributed by atoms with E-state index in [4.69, 9.17) is 11.6 Å². The van der Waals surface area contributed by atoms with Crippen molar-refractivity contribution in [3.63, 3.8) is 0 Å². The Kier molecular flexibility index (Phi) is 4.80. The van der Waals surface area contributed by atoms with Crippen molar-refractivity contribution in [1.82, 2.24) is 4.72 Å². The summed E-state index contributed by atoms with van der Waals surface area (Å²) in [5.74, 6) is -0.520. The number of amides is 1. The molecule has 1 aromatic carbocycles. The van der Waals surface area contributed by atoms with Gasteiger partial charge in [-0.2, -0.15) is 0 Å². The Morgan fingerprint density at radius 3 is 2.50 bits per heavy atom. The minimum absolute atomic E-state index is 0.103. The van der Waals surface area contributed by atoms with Gasteiger partial charge in [0, 0.05) is 11.4 Å². The zero-order valence-electron chi connectivity index (χ0n) is 10.4. The number of halogens is 1. The molecular weight excluding hydrogens is 318 g/mol. The predicted octanol–water partition coefficient (Wildman–Crippen LogP) is 2.84. The molecule has 0 bridgehead atoms. The maximum absolute atomic E-state index is 11.8. The van der Waals surface area contributed by atoms with Crippen molar-refractivity contribution >= 4 is 38.9 Å². The van der Waals surface area contributed by atoms with E-state index < -0.39 is 15.9 Å². The topological polar surface area (TPSA) is 63.2 Å². The lowest BCUT2D eigenvalue weighted by molar-refractivity contribution is -0.119. The first-order valence-electron chi connectivity index (χ1n) is 5.81. The van der Waals surface area contributed by atoms with E-state index >= 15 is 0 Å². The third kappa shape index (κ3) is 4.06. The van der Waals surface area contributed by atoms with Gasteiger partial charge >= 0.3 is 0 Å². The van der Waals surface area contributed by atoms with Gasteiger partial charge in [-0.05, 0) is 35.6 Å². The van der Waals surface area contributed by atoms with Gasteiger partial charge in [0.25, 0.3) is 10.0 Å². The lowest BCUT2D eigenvalue weighted by atomic mass is 10.1. The van der Waals surface area contributed by atoms with E-state index in [1.807, 2.05) is 12.1 Å². The fourth-order valence-corrected chi connectivity index (χ4v) is 3.71. The normalized spacial score (nSPS) is 11.2. The largest absolute Gasteiger partial charge is 0.274 e. The quantitative estimate of drug-likeness (QED) is 0.917. The summed E-state index contributed by atoms with van der Waals surface area (Å²) in [4.78, 5) is 11.7. The van der Waals surface area contributed by atoms with Crippen LogP contribution in [0.4, 0.5) is 0 Å². The first kappa shape index (κ1) is 15.0. The average Bonchev–Trinajstić information content (AvgIpc) is 2.92. The monoisotopic (exact) mass is 329 g/mol. The Hall–Kier alpha value is -1.37. The summed E-state index contributed by atoms with van der Waals surface area (Å²) in [7, 11) is -3.73. The first-order chi connectivity index (χ1) is 9.47. The molecule has 0 atom stereocenters. The minimum atomic E-state index is -3.73. The summed E-state index contributed by atoms with van der Waals surface area (Å²) < 4.78 is 25.8. The number of benzene rings is 1. The molecule has 4 nitrogen and oxygen atoms in total. The number of carbonyl (C=O) groups is 1. The first-order valence-corrected chi connectivity index (χ1v) is 8.55. The van der Waals surface area contributed by atoms with Crippen molar-refractivity contribution in [2.75, 3.05) is 0 Å². The van der Waals surface area contributed by atoms with Crippen molar-refractivity contribution in [1.29, 1.82) is 0 Å². The lowest BCUT2D eigenvalue weighted by Gasteiger charge is -2.05. The number of hydrogen-bond donors (Lipinski definition) is 1. The molecule has 0 spiro atoms. The molecule has 1 amide bonds. The molecule has 1 heterocycles. The number of thiophene rings is 1. The Labute approximate surface area is 126 Å². The molecule has 0 aliphatic rings. The van der Waals surface area contributed by atoms with Crippen LogP contribution in [-0.2, 0) is 21.2 Å². The van der Waals surface area contributed by atoms with Crippen LogP contribution < -0.4 is 4.72 Å². The SMILES string of the molecule is O=C(CCc1ccc(Cl)cc1)NS(=O)(=O)c1cccs1. The molecule has 1 N–H and O–H groups in total. The smallest absolute Gasteiger partial charge is 0.273 e. The van der Waals surface area contributed by atoms with Crippen LogP contribution in [0.3, 0.4) is 0 Å². The van der Waals surface area contributed by atoms with Gasteiger partial charge in [0.15, 0.2) is 0 Å². The third-order valence-electron chi connectivity index (χ3n) is 2.56. The van der Waals surface area contributed by atoms with Gasteiger partial charge in [-0.1, -0.05) is 29.8 Å². The van der Waals surface area contributed by atoms with E-state index in [-0.39, 0.29) is 10.6 Å². The molecule has 0 radical (unpaired) electrons. The standard InChI is InChI=1S/C13H12ClNO3S2/c14-11-6-3-10(4-7-11)5-8-12(16)15-20(17,18)13-2-1-9-19-13/h1-4,6-7,9H,5,8H2,(H,15,16). The van der Waals surface area contributed by atoms with E-state index in [9.17, 15) is 13.2 Å². The second-order valence-electron chi connectivity index (χ2n) is 4.09. The van der Waals surface area contributed by atoms with Crippen LogP contribution in [0.5, 0.6) is 0 Å². The van der Waals surface area contributed by atoms with Gasteiger partial charge in [0.1, 0.15) is 4.21 Å². The summed E-state index contributed by atoms with van der Waals surface area (Å²) in [5, 5.41) is 2.27. The summed E-state index contributed by atoms with van der Waals surface area (Å²) in [6, 6.07) is 10.2. The highest BCUT2D eigenvalue weighted by Gasteiger charge is 2.18. The number of hydrogen-bond acceptors (Lipinski definition) is 4. The Morgan fingerprint density at radius 2 is 1.90 bits per heavy atom. The summed E-state index contributed by atoms with van der Waals surface area (Å²) in [5.41, 5.74) is 0.929. The van der Waals surface area contributed by atoms with Crippen LogP contribution in [0.25, 0.3) is 0 Å². The maximum atomic E-state index is 11.8. The molecule has 0 saturated carbocycles. The number of aryl methyl sites for hydroxylation is 1. The van der Waals surface area contributed by atoms with Crippen LogP contribution >= 0.6 is 22.9 Å². The molecule has 0 aliphatic heterocycles. The zero-order valence-corrected chi connectivity index (χ0v) is 12.8. The Morgan fingerprint density at radius 1 is 1.20 bits per heavy atom. The Balaban J connectivity index is 1.91. The second-order valence-corrected chi connectivity index (χ2v) is 7.38. The van der Waals surface area contributed by atoms with E-state index in [1.54, 1.807) is 23.6 Å². The molecule has 106 valence electrons. The summed E-state index contributed by atoms with van der Waals surface area (Å²) in [6.07, 6.45) is 0.565. The van der Waals surface area contributed by atoms with Crippen LogP contribution in [0.15, 0.2) is 46.0 Å². The maximum Gasteiger partial charge on any atom is 0.273 e. The molecule has 0 aliphatic carbocycles. The molecule has 7 heteroatoms. The molecular formula is C13H12ClNO3S2. The highest BCUT2D eigenvalue weighted by molar-refractivity contribution is 7.92. The second kappa shape index (κ2) is 6.39. The molecule has 0 saturated heterocycles. The Bertz CT molecular complexity index is 679. The van der Waals surface area contributed by atoms with Gasteiger partial charge in [-0.25, -0.2) is 13.1 Å². The van der Waals surface area contributed by atoms with Crippen LogP contribution in [0.1, 0.15) is 12.0 Å². The van der Waals surface area contributed by atoms with Crippen molar-refractivity contribution in [3.05, 3.63) is 52.4 Å². The van der Waals surface area contributed by atoms with Crippen molar-refractivity contribution in [3.8, 4) is 0 Å². The highest BCUT2D eigenvalue weighted by atomic mass is 35.5. The van der Waals surface area contributed by atoms with Gasteiger partial charge in [0.2, 0.25) is 5.91 Å². The van der Waals surface area contributed by atoms with Crippen molar-refractivity contribution < 1.29 is 13.2 Å². The van der Waals surface area contributed by atoms with E-state index in [0.29, 0.717) is 11.4 Å². The fraction of sp³-hybridized carbons (Fsp3) is 0.154. The van der Waals surface area contributed by atoms with Crippen LogP contribution in [0, 0.1) is 0 Å². The summed E-state index contributed by atoms with van der Waals surface area (Å²) >= 11 is 6.83. The minimum Gasteiger partial charge on any atom is -0.274 e. The molecule has 0 unspecified atom stereocenters.